The third-order valence-electron chi connectivity index (χ3n) is 2.80. The smallest absolute Gasteiger partial charge is 0.323 e. The largest absolute Gasteiger partial charge is 0.480 e. The quantitative estimate of drug-likeness (QED) is 0.874. The summed E-state index contributed by atoms with van der Waals surface area (Å²) in [5, 5.41) is 15.2. The molecule has 2 amide bonds. The van der Waals surface area contributed by atoms with Gasteiger partial charge in [0.05, 0.1) is 6.54 Å². The Morgan fingerprint density at radius 3 is 2.57 bits per heavy atom. The van der Waals surface area contributed by atoms with E-state index in [0.29, 0.717) is 11.4 Å². The first kappa shape index (κ1) is 14.6. The van der Waals surface area contributed by atoms with Crippen LogP contribution >= 0.6 is 0 Å². The summed E-state index contributed by atoms with van der Waals surface area (Å²) in [7, 11) is 0. The van der Waals surface area contributed by atoms with Gasteiger partial charge in [0.1, 0.15) is 18.5 Å². The Balaban J connectivity index is 2.09. The van der Waals surface area contributed by atoms with Gasteiger partial charge in [-0.3, -0.25) is 9.69 Å². The molecule has 0 aliphatic carbocycles. The van der Waals surface area contributed by atoms with E-state index in [1.807, 2.05) is 19.1 Å². The number of carboxylic acids is 1. The van der Waals surface area contributed by atoms with Crippen molar-refractivity contribution in [3.8, 4) is 0 Å². The van der Waals surface area contributed by atoms with E-state index in [0.717, 1.165) is 10.5 Å². The molecule has 0 fully saturated rings. The molecule has 1 aromatic carbocycles. The fourth-order valence-electron chi connectivity index (χ4n) is 1.73. The zero-order chi connectivity index (χ0) is 15.2. The van der Waals surface area contributed by atoms with Gasteiger partial charge in [-0.05, 0) is 19.1 Å². The molecule has 0 spiro atoms. The Bertz CT molecular complexity index is 608. The van der Waals surface area contributed by atoms with Crippen molar-refractivity contribution in [1.82, 2.24) is 10.5 Å². The molecule has 0 atom stereocenters. The van der Waals surface area contributed by atoms with Crippen molar-refractivity contribution in [3.05, 3.63) is 47.9 Å². The number of anilines is 1. The van der Waals surface area contributed by atoms with Gasteiger partial charge in [0, 0.05) is 11.8 Å². The third kappa shape index (κ3) is 4.07. The molecule has 2 N–H and O–H groups in total. The lowest BCUT2D eigenvalue weighted by atomic mass is 10.2. The highest BCUT2D eigenvalue weighted by molar-refractivity contribution is 5.96. The first-order valence-corrected chi connectivity index (χ1v) is 6.29. The van der Waals surface area contributed by atoms with Crippen LogP contribution in [-0.4, -0.2) is 28.8 Å². The van der Waals surface area contributed by atoms with Crippen LogP contribution in [0.15, 0.2) is 41.1 Å². The fourth-order valence-corrected chi connectivity index (χ4v) is 1.73. The van der Waals surface area contributed by atoms with Gasteiger partial charge in [0.2, 0.25) is 0 Å². The average molecular weight is 289 g/mol. The first-order valence-electron chi connectivity index (χ1n) is 6.29. The number of hydrogen-bond donors (Lipinski definition) is 2. The Kier molecular flexibility index (Phi) is 4.55. The van der Waals surface area contributed by atoms with Gasteiger partial charge in [-0.25, -0.2) is 4.79 Å². The number of aromatic nitrogens is 1. The van der Waals surface area contributed by atoms with Crippen LogP contribution in [0.5, 0.6) is 0 Å². The third-order valence-corrected chi connectivity index (χ3v) is 2.80. The highest BCUT2D eigenvalue weighted by Gasteiger charge is 2.18. The minimum absolute atomic E-state index is 0.164. The molecule has 1 aromatic heterocycles. The van der Waals surface area contributed by atoms with Crippen molar-refractivity contribution >= 4 is 17.7 Å². The van der Waals surface area contributed by atoms with E-state index >= 15 is 0 Å². The van der Waals surface area contributed by atoms with E-state index in [-0.39, 0.29) is 6.54 Å². The molecule has 7 heteroatoms. The summed E-state index contributed by atoms with van der Waals surface area (Å²) in [5.41, 5.74) is 2.10. The standard InChI is InChI=1S/C14H15N3O4/c1-10-2-4-12(5-3-10)17(9-13(18)19)14(20)15-8-11-6-7-21-16-11/h2-7H,8-9H2,1H3,(H,15,20)(H,18,19). The lowest BCUT2D eigenvalue weighted by Gasteiger charge is -2.21. The fraction of sp³-hybridized carbons (Fsp3) is 0.214. The summed E-state index contributed by atoms with van der Waals surface area (Å²) in [6, 6.07) is 8.14. The summed E-state index contributed by atoms with van der Waals surface area (Å²) in [6.07, 6.45) is 1.40. The molecule has 7 nitrogen and oxygen atoms in total. The monoisotopic (exact) mass is 289 g/mol. The molecule has 0 radical (unpaired) electrons. The predicted molar refractivity (Wildman–Crippen MR) is 74.9 cm³/mol. The van der Waals surface area contributed by atoms with Crippen LogP contribution in [0.2, 0.25) is 0 Å². The lowest BCUT2D eigenvalue weighted by Crippen LogP contribution is -2.42. The maximum atomic E-state index is 12.2. The number of nitrogens with one attached hydrogen (secondary N) is 1. The predicted octanol–water partition coefficient (Wildman–Crippen LogP) is 1.78. The Hall–Kier alpha value is -2.83. The van der Waals surface area contributed by atoms with Gasteiger partial charge in [-0.2, -0.15) is 0 Å². The number of carbonyl (C=O) groups excluding carboxylic acids is 1. The van der Waals surface area contributed by atoms with E-state index < -0.39 is 18.5 Å². The number of hydrogen-bond acceptors (Lipinski definition) is 4. The van der Waals surface area contributed by atoms with E-state index in [1.54, 1.807) is 18.2 Å². The van der Waals surface area contributed by atoms with Crippen LogP contribution in [0.1, 0.15) is 11.3 Å². The molecule has 0 aliphatic heterocycles. The molecule has 2 rings (SSSR count). The molecule has 1 heterocycles. The van der Waals surface area contributed by atoms with Crippen LogP contribution in [0, 0.1) is 6.92 Å². The first-order chi connectivity index (χ1) is 10.1. The van der Waals surface area contributed by atoms with Crippen molar-refractivity contribution in [1.29, 1.82) is 0 Å². The van der Waals surface area contributed by atoms with Crippen LogP contribution in [0.25, 0.3) is 0 Å². The van der Waals surface area contributed by atoms with Gasteiger partial charge in [-0.15, -0.1) is 0 Å². The number of aryl methyl sites for hydroxylation is 1. The van der Waals surface area contributed by atoms with Crippen molar-refractivity contribution in [2.45, 2.75) is 13.5 Å². The number of carboxylic acid groups (broad SMARTS) is 1. The van der Waals surface area contributed by atoms with E-state index in [2.05, 4.69) is 15.0 Å². The molecule has 21 heavy (non-hydrogen) atoms. The SMILES string of the molecule is Cc1ccc(N(CC(=O)O)C(=O)NCc2ccon2)cc1. The molecular formula is C14H15N3O4. The number of benzene rings is 1. The summed E-state index contributed by atoms with van der Waals surface area (Å²) in [6.45, 7) is 1.65. The van der Waals surface area contributed by atoms with Crippen molar-refractivity contribution in [3.63, 3.8) is 0 Å². The number of rotatable bonds is 5. The highest BCUT2D eigenvalue weighted by atomic mass is 16.5. The normalized spacial score (nSPS) is 10.1. The molecule has 0 unspecified atom stereocenters. The molecule has 0 saturated heterocycles. The number of amides is 2. The second-order valence-corrected chi connectivity index (χ2v) is 4.46. The zero-order valence-corrected chi connectivity index (χ0v) is 11.4. The summed E-state index contributed by atoms with van der Waals surface area (Å²) >= 11 is 0. The number of nitrogens with zero attached hydrogens (tertiary/aromatic N) is 2. The lowest BCUT2D eigenvalue weighted by molar-refractivity contribution is -0.135. The summed E-state index contributed by atoms with van der Waals surface area (Å²) in [5.74, 6) is -1.09. The van der Waals surface area contributed by atoms with Gasteiger partial charge in [0.25, 0.3) is 0 Å². The van der Waals surface area contributed by atoms with Crippen LogP contribution in [-0.2, 0) is 11.3 Å². The van der Waals surface area contributed by atoms with E-state index in [1.165, 1.54) is 6.26 Å². The van der Waals surface area contributed by atoms with Crippen molar-refractivity contribution < 1.29 is 19.2 Å². The minimum atomic E-state index is -1.09. The average Bonchev–Trinajstić information content (AvgIpc) is 2.96. The second-order valence-electron chi connectivity index (χ2n) is 4.46. The maximum Gasteiger partial charge on any atom is 0.323 e. The number of aliphatic carboxylic acids is 1. The van der Waals surface area contributed by atoms with E-state index in [4.69, 9.17) is 5.11 Å². The van der Waals surface area contributed by atoms with E-state index in [9.17, 15) is 9.59 Å². The molecular weight excluding hydrogens is 274 g/mol. The summed E-state index contributed by atoms with van der Waals surface area (Å²) in [4.78, 5) is 24.2. The molecule has 0 saturated carbocycles. The molecule has 110 valence electrons. The van der Waals surface area contributed by atoms with Crippen molar-refractivity contribution in [2.24, 2.45) is 0 Å². The van der Waals surface area contributed by atoms with Crippen LogP contribution in [0.4, 0.5) is 10.5 Å². The summed E-state index contributed by atoms with van der Waals surface area (Å²) < 4.78 is 4.66. The number of carbonyl (C=O) groups is 2. The molecule has 0 bridgehead atoms. The minimum Gasteiger partial charge on any atom is -0.480 e. The van der Waals surface area contributed by atoms with Gasteiger partial charge in [0.15, 0.2) is 0 Å². The second kappa shape index (κ2) is 6.56. The Morgan fingerprint density at radius 1 is 1.29 bits per heavy atom. The molecule has 2 aromatic rings. The Morgan fingerprint density at radius 2 is 2.00 bits per heavy atom. The number of urea groups is 1. The zero-order valence-electron chi connectivity index (χ0n) is 11.4. The van der Waals surface area contributed by atoms with Crippen LogP contribution in [0.3, 0.4) is 0 Å². The maximum absolute atomic E-state index is 12.2. The van der Waals surface area contributed by atoms with Gasteiger partial charge < -0.3 is 14.9 Å². The highest BCUT2D eigenvalue weighted by Crippen LogP contribution is 2.15. The Labute approximate surface area is 121 Å². The topological polar surface area (TPSA) is 95.7 Å². The van der Waals surface area contributed by atoms with Crippen LogP contribution < -0.4 is 10.2 Å². The van der Waals surface area contributed by atoms with Gasteiger partial charge in [-0.1, -0.05) is 22.9 Å². The van der Waals surface area contributed by atoms with Crippen molar-refractivity contribution in [2.75, 3.05) is 11.4 Å². The van der Waals surface area contributed by atoms with Gasteiger partial charge >= 0.3 is 12.0 Å². The molecule has 0 aliphatic rings.